The van der Waals surface area contributed by atoms with Gasteiger partial charge in [0.05, 0.1) is 23.4 Å². The first-order valence-corrected chi connectivity index (χ1v) is 12.9. The molecule has 1 fully saturated rings. The van der Waals surface area contributed by atoms with Gasteiger partial charge in [0.25, 0.3) is 5.22 Å². The van der Waals surface area contributed by atoms with Gasteiger partial charge in [0.15, 0.2) is 0 Å². The van der Waals surface area contributed by atoms with Gasteiger partial charge in [0.1, 0.15) is 5.75 Å². The van der Waals surface area contributed by atoms with E-state index in [1.54, 1.807) is 6.07 Å². The number of aromatic nitrogens is 2. The maximum atomic E-state index is 13.0. The van der Waals surface area contributed by atoms with Gasteiger partial charge in [0.2, 0.25) is 21.8 Å². The summed E-state index contributed by atoms with van der Waals surface area (Å²) in [5.74, 6) is 0.388. The first kappa shape index (κ1) is 23.3. The highest BCUT2D eigenvalue weighted by Gasteiger charge is 2.27. The lowest BCUT2D eigenvalue weighted by Gasteiger charge is -2.26. The first-order chi connectivity index (χ1) is 16.0. The van der Waals surface area contributed by atoms with Crippen LogP contribution in [0.15, 0.2) is 63.1 Å². The second-order valence-electron chi connectivity index (χ2n) is 7.40. The van der Waals surface area contributed by atoms with E-state index >= 15 is 0 Å². The normalized spacial score (nSPS) is 14.7. The number of rotatable bonds is 8. The van der Waals surface area contributed by atoms with Crippen LogP contribution in [-0.2, 0) is 14.8 Å². The summed E-state index contributed by atoms with van der Waals surface area (Å²) >= 11 is 1.09. The molecule has 0 spiro atoms. The van der Waals surface area contributed by atoms with Crippen LogP contribution in [0.25, 0.3) is 11.5 Å². The number of nitrogens with one attached hydrogen (secondary N) is 1. The second-order valence-corrected chi connectivity index (χ2v) is 10.3. The molecule has 1 aromatic heterocycles. The molecule has 1 saturated heterocycles. The van der Waals surface area contributed by atoms with E-state index in [1.807, 2.05) is 30.3 Å². The topological polar surface area (TPSA) is 115 Å². The minimum Gasteiger partial charge on any atom is -0.495 e. The van der Waals surface area contributed by atoms with E-state index in [4.69, 9.17) is 9.15 Å². The van der Waals surface area contributed by atoms with Crippen molar-refractivity contribution in [2.75, 3.05) is 31.3 Å². The van der Waals surface area contributed by atoms with Gasteiger partial charge in [-0.2, -0.15) is 4.31 Å². The Labute approximate surface area is 196 Å². The predicted octanol–water partition coefficient (Wildman–Crippen LogP) is 3.65. The van der Waals surface area contributed by atoms with Crippen molar-refractivity contribution in [3.63, 3.8) is 0 Å². The van der Waals surface area contributed by atoms with Crippen molar-refractivity contribution in [1.29, 1.82) is 0 Å². The molecule has 174 valence electrons. The number of hydrogen-bond acceptors (Lipinski definition) is 8. The highest BCUT2D eigenvalue weighted by molar-refractivity contribution is 7.99. The molecule has 0 bridgehead atoms. The molecule has 3 aromatic rings. The quantitative estimate of drug-likeness (QED) is 0.478. The third-order valence-corrected chi connectivity index (χ3v) is 7.86. The van der Waals surface area contributed by atoms with E-state index in [0.29, 0.717) is 24.7 Å². The zero-order valence-electron chi connectivity index (χ0n) is 18.1. The van der Waals surface area contributed by atoms with E-state index in [9.17, 15) is 13.2 Å². The van der Waals surface area contributed by atoms with Crippen molar-refractivity contribution in [3.05, 3.63) is 48.5 Å². The lowest BCUT2D eigenvalue weighted by molar-refractivity contribution is -0.113. The third-order valence-electron chi connectivity index (χ3n) is 5.15. The largest absolute Gasteiger partial charge is 0.495 e. The molecule has 2 aromatic carbocycles. The number of thioether (sulfide) groups is 1. The second kappa shape index (κ2) is 10.4. The van der Waals surface area contributed by atoms with E-state index in [1.165, 1.54) is 23.5 Å². The van der Waals surface area contributed by atoms with E-state index in [2.05, 4.69) is 15.5 Å². The number of amides is 1. The molecule has 33 heavy (non-hydrogen) atoms. The lowest BCUT2D eigenvalue weighted by Crippen LogP contribution is -2.35. The average molecular weight is 489 g/mol. The van der Waals surface area contributed by atoms with Crippen molar-refractivity contribution in [2.24, 2.45) is 0 Å². The molecular formula is C22H24N4O5S2. The van der Waals surface area contributed by atoms with Crippen LogP contribution in [0.1, 0.15) is 19.3 Å². The number of piperidine rings is 1. The zero-order valence-corrected chi connectivity index (χ0v) is 19.7. The van der Waals surface area contributed by atoms with Gasteiger partial charge in [-0.25, -0.2) is 8.42 Å². The Bertz CT molecular complexity index is 1210. The number of methoxy groups -OCH3 is 1. The highest BCUT2D eigenvalue weighted by Crippen LogP contribution is 2.30. The first-order valence-electron chi connectivity index (χ1n) is 10.5. The Morgan fingerprint density at radius 1 is 1.12 bits per heavy atom. The molecule has 2 heterocycles. The lowest BCUT2D eigenvalue weighted by atomic mass is 10.2. The fourth-order valence-corrected chi connectivity index (χ4v) is 5.59. The van der Waals surface area contributed by atoms with Gasteiger partial charge in [-0.05, 0) is 43.2 Å². The summed E-state index contributed by atoms with van der Waals surface area (Å²) in [6.07, 6.45) is 2.72. The molecule has 4 rings (SSSR count). The molecule has 1 aliphatic rings. The summed E-state index contributed by atoms with van der Waals surface area (Å²) in [6, 6.07) is 13.8. The number of sulfonamides is 1. The van der Waals surface area contributed by atoms with Crippen LogP contribution in [0.2, 0.25) is 0 Å². The molecule has 0 unspecified atom stereocenters. The minimum absolute atomic E-state index is 0.00266. The molecule has 0 aliphatic carbocycles. The number of anilines is 1. The third kappa shape index (κ3) is 5.55. The van der Waals surface area contributed by atoms with Crippen LogP contribution < -0.4 is 10.1 Å². The Balaban J connectivity index is 1.43. The molecular weight excluding hydrogens is 464 g/mol. The van der Waals surface area contributed by atoms with E-state index in [0.717, 1.165) is 36.6 Å². The van der Waals surface area contributed by atoms with Gasteiger partial charge in [-0.1, -0.05) is 36.4 Å². The summed E-state index contributed by atoms with van der Waals surface area (Å²) in [7, 11) is -2.18. The van der Waals surface area contributed by atoms with Crippen LogP contribution in [0.3, 0.4) is 0 Å². The van der Waals surface area contributed by atoms with Gasteiger partial charge >= 0.3 is 0 Å². The number of hydrogen-bond donors (Lipinski definition) is 1. The minimum atomic E-state index is -3.64. The monoisotopic (exact) mass is 488 g/mol. The zero-order chi connectivity index (χ0) is 23.3. The van der Waals surface area contributed by atoms with Gasteiger partial charge in [-0.3, -0.25) is 4.79 Å². The number of carbonyl (C=O) groups is 1. The molecule has 0 saturated carbocycles. The Morgan fingerprint density at radius 3 is 2.61 bits per heavy atom. The average Bonchev–Trinajstić information content (AvgIpc) is 3.33. The van der Waals surface area contributed by atoms with Crippen LogP contribution in [0.5, 0.6) is 5.75 Å². The Hall–Kier alpha value is -2.89. The van der Waals surface area contributed by atoms with E-state index < -0.39 is 10.0 Å². The molecule has 9 nitrogen and oxygen atoms in total. The number of nitrogens with zero attached hydrogens (tertiary/aromatic N) is 3. The number of benzene rings is 2. The fourth-order valence-electron chi connectivity index (χ4n) is 3.48. The van der Waals surface area contributed by atoms with Crippen molar-refractivity contribution >= 4 is 33.4 Å². The van der Waals surface area contributed by atoms with Crippen LogP contribution >= 0.6 is 11.8 Å². The summed E-state index contributed by atoms with van der Waals surface area (Å²) in [5.41, 5.74) is 1.08. The summed E-state index contributed by atoms with van der Waals surface area (Å²) in [5, 5.41) is 10.9. The van der Waals surface area contributed by atoms with Gasteiger partial charge in [-0.15, -0.1) is 10.2 Å². The van der Waals surface area contributed by atoms with Crippen molar-refractivity contribution in [1.82, 2.24) is 14.5 Å². The summed E-state index contributed by atoms with van der Waals surface area (Å²) < 4.78 is 38.4. The van der Waals surface area contributed by atoms with Crippen LogP contribution in [0.4, 0.5) is 5.69 Å². The molecule has 11 heteroatoms. The van der Waals surface area contributed by atoms with Crippen molar-refractivity contribution < 1.29 is 22.4 Å². The standard InChI is InChI=1S/C22H24N4O5S2/c1-30-19-11-10-17(33(28,29)26-12-6-3-7-13-26)14-18(19)23-20(27)15-32-22-25-24-21(31-22)16-8-4-2-5-9-16/h2,4-5,8-11,14H,3,6-7,12-13,15H2,1H3,(H,23,27). The molecule has 0 radical (unpaired) electrons. The van der Waals surface area contributed by atoms with E-state index in [-0.39, 0.29) is 27.5 Å². The SMILES string of the molecule is COc1ccc(S(=O)(=O)N2CCCCC2)cc1NC(=O)CSc1nnc(-c2ccccc2)o1. The van der Waals surface area contributed by atoms with Crippen LogP contribution in [-0.4, -0.2) is 54.8 Å². The number of ether oxygens (including phenoxy) is 1. The van der Waals surface area contributed by atoms with Gasteiger partial charge in [0, 0.05) is 18.7 Å². The van der Waals surface area contributed by atoms with Gasteiger partial charge < -0.3 is 14.5 Å². The predicted molar refractivity (Wildman–Crippen MR) is 125 cm³/mol. The smallest absolute Gasteiger partial charge is 0.277 e. The maximum Gasteiger partial charge on any atom is 0.277 e. The summed E-state index contributed by atoms with van der Waals surface area (Å²) in [4.78, 5) is 12.7. The number of carbonyl (C=O) groups excluding carboxylic acids is 1. The molecule has 1 aliphatic heterocycles. The highest BCUT2D eigenvalue weighted by atomic mass is 32.2. The Kier molecular flexibility index (Phi) is 7.31. The van der Waals surface area contributed by atoms with Crippen molar-refractivity contribution in [3.8, 4) is 17.2 Å². The maximum absolute atomic E-state index is 13.0. The fraction of sp³-hybridized carbons (Fsp3) is 0.318. The van der Waals surface area contributed by atoms with Crippen LogP contribution in [0, 0.1) is 0 Å². The van der Waals surface area contributed by atoms with Crippen molar-refractivity contribution in [2.45, 2.75) is 29.4 Å². The summed E-state index contributed by atoms with van der Waals surface area (Å²) in [6.45, 7) is 1.00. The molecule has 0 atom stereocenters. The Morgan fingerprint density at radius 2 is 1.88 bits per heavy atom. The molecule has 1 amide bonds. The molecule has 1 N–H and O–H groups in total.